The highest BCUT2D eigenvalue weighted by molar-refractivity contribution is 5.87. The Bertz CT molecular complexity index is 589. The maximum atomic E-state index is 11.6. The highest BCUT2D eigenvalue weighted by Crippen LogP contribution is 2.66. The average Bonchev–Trinajstić information content (AvgIpc) is 3.08. The van der Waals surface area contributed by atoms with Crippen LogP contribution in [0.4, 0.5) is 0 Å². The van der Waals surface area contributed by atoms with Gasteiger partial charge in [-0.2, -0.15) is 0 Å². The van der Waals surface area contributed by atoms with Crippen molar-refractivity contribution in [1.29, 1.82) is 0 Å². The summed E-state index contributed by atoms with van der Waals surface area (Å²) in [6.45, 7) is 19.7. The molecule has 4 rings (SSSR count). The zero-order valence-electron chi connectivity index (χ0n) is 18.2. The van der Waals surface area contributed by atoms with Gasteiger partial charge in [0.25, 0.3) is 0 Å². The van der Waals surface area contributed by atoms with Crippen LogP contribution in [0.15, 0.2) is 12.2 Å². The molecule has 0 aromatic carbocycles. The first kappa shape index (κ1) is 20.0. The van der Waals surface area contributed by atoms with Crippen LogP contribution in [0.2, 0.25) is 0 Å². The third-order valence-electron chi connectivity index (χ3n) is 9.98. The summed E-state index contributed by atoms with van der Waals surface area (Å²) >= 11 is 0. The Hall–Kier alpha value is -0.790. The molecule has 4 aliphatic rings. The van der Waals surface area contributed by atoms with Gasteiger partial charge in [-0.15, -0.1) is 0 Å². The van der Waals surface area contributed by atoms with Crippen LogP contribution in [0, 0.1) is 33.5 Å². The molecule has 0 heterocycles. The minimum atomic E-state index is -0.227. The van der Waals surface area contributed by atoms with Crippen molar-refractivity contribution in [1.82, 2.24) is 0 Å². The summed E-state index contributed by atoms with van der Waals surface area (Å²) < 4.78 is 5.61. The molecule has 0 spiro atoms. The van der Waals surface area contributed by atoms with Gasteiger partial charge in [0.1, 0.15) is 6.10 Å². The molecular formula is C24H40O2. The van der Waals surface area contributed by atoms with E-state index in [1.54, 1.807) is 6.92 Å². The Morgan fingerprint density at radius 3 is 1.69 bits per heavy atom. The van der Waals surface area contributed by atoms with Gasteiger partial charge in [-0.1, -0.05) is 48.1 Å². The van der Waals surface area contributed by atoms with Crippen molar-refractivity contribution in [2.24, 2.45) is 33.5 Å². The van der Waals surface area contributed by atoms with Gasteiger partial charge >= 0.3 is 5.97 Å². The second-order valence-electron chi connectivity index (χ2n) is 11.3. The lowest BCUT2D eigenvalue weighted by Gasteiger charge is -2.38. The van der Waals surface area contributed by atoms with Crippen LogP contribution in [-0.4, -0.2) is 12.1 Å². The quantitative estimate of drug-likeness (QED) is 0.412. The zero-order valence-corrected chi connectivity index (χ0v) is 18.2. The van der Waals surface area contributed by atoms with Crippen molar-refractivity contribution in [2.45, 2.75) is 99.5 Å². The fourth-order valence-corrected chi connectivity index (χ4v) is 6.65. The van der Waals surface area contributed by atoms with Crippen molar-refractivity contribution >= 4 is 5.97 Å². The first-order valence-electron chi connectivity index (χ1n) is 10.7. The zero-order chi connectivity index (χ0) is 19.5. The predicted octanol–water partition coefficient (Wildman–Crippen LogP) is 6.54. The standard InChI is InChI=1S/C14H22O2.C10H18/c1-9(2)12(15)16-11-8-10-6-7-14(11,5)13(10,3)4;1-9(2)8-4-6-10(9,3)7-5-8/h10-11H,1,6-8H2,2-5H3;8H,4-7H2,1-3H3/t10-,11?,14-;/m1./s1. The van der Waals surface area contributed by atoms with Crippen LogP contribution in [-0.2, 0) is 9.53 Å². The van der Waals surface area contributed by atoms with E-state index in [0.717, 1.165) is 12.3 Å². The predicted molar refractivity (Wildman–Crippen MR) is 108 cm³/mol. The molecule has 148 valence electrons. The molecule has 2 heteroatoms. The molecule has 4 bridgehead atoms. The van der Waals surface area contributed by atoms with E-state index in [9.17, 15) is 4.79 Å². The number of carbonyl (C=O) groups excluding carboxylic acids is 1. The molecular weight excluding hydrogens is 320 g/mol. The van der Waals surface area contributed by atoms with Gasteiger partial charge in [0.2, 0.25) is 0 Å². The average molecular weight is 361 g/mol. The Kier molecular flexibility index (Phi) is 4.69. The second-order valence-corrected chi connectivity index (χ2v) is 11.3. The summed E-state index contributed by atoms with van der Waals surface area (Å²) in [5.74, 6) is 1.53. The number of hydrogen-bond acceptors (Lipinski definition) is 2. The smallest absolute Gasteiger partial charge is 0.333 e. The summed E-state index contributed by atoms with van der Waals surface area (Å²) in [7, 11) is 0. The molecule has 0 aromatic heterocycles. The highest BCUT2D eigenvalue weighted by atomic mass is 16.5. The number of carbonyl (C=O) groups is 1. The third kappa shape index (κ3) is 2.69. The van der Waals surface area contributed by atoms with Gasteiger partial charge in [-0.3, -0.25) is 0 Å². The van der Waals surface area contributed by atoms with Gasteiger partial charge in [-0.05, 0) is 80.0 Å². The number of fused-ring (bicyclic) bond motifs is 4. The van der Waals surface area contributed by atoms with Gasteiger partial charge in [0.15, 0.2) is 0 Å². The van der Waals surface area contributed by atoms with E-state index >= 15 is 0 Å². The molecule has 0 saturated heterocycles. The Labute approximate surface area is 161 Å². The van der Waals surface area contributed by atoms with E-state index in [-0.39, 0.29) is 17.5 Å². The van der Waals surface area contributed by atoms with E-state index in [1.165, 1.54) is 38.5 Å². The van der Waals surface area contributed by atoms with Crippen molar-refractivity contribution in [3.8, 4) is 0 Å². The lowest BCUT2D eigenvalue weighted by Crippen LogP contribution is -2.38. The summed E-state index contributed by atoms with van der Waals surface area (Å²) in [6.07, 6.45) is 9.57. The molecule has 0 amide bonds. The third-order valence-corrected chi connectivity index (χ3v) is 9.98. The van der Waals surface area contributed by atoms with Crippen LogP contribution < -0.4 is 0 Å². The second kappa shape index (κ2) is 6.11. The van der Waals surface area contributed by atoms with Crippen LogP contribution in [0.3, 0.4) is 0 Å². The van der Waals surface area contributed by atoms with Crippen molar-refractivity contribution < 1.29 is 9.53 Å². The molecule has 0 N–H and O–H groups in total. The van der Waals surface area contributed by atoms with E-state index in [2.05, 4.69) is 48.1 Å². The summed E-state index contributed by atoms with van der Waals surface area (Å²) in [6, 6.07) is 0. The number of hydrogen-bond donors (Lipinski definition) is 0. The molecule has 2 nitrogen and oxygen atoms in total. The molecule has 0 aromatic rings. The summed E-state index contributed by atoms with van der Waals surface area (Å²) in [5.41, 5.74) is 2.32. The largest absolute Gasteiger partial charge is 0.458 e. The van der Waals surface area contributed by atoms with E-state index in [1.807, 2.05) is 0 Å². The fourth-order valence-electron chi connectivity index (χ4n) is 6.65. The van der Waals surface area contributed by atoms with Crippen molar-refractivity contribution in [2.75, 3.05) is 0 Å². The van der Waals surface area contributed by atoms with Gasteiger partial charge in [0.05, 0.1) is 0 Å². The topological polar surface area (TPSA) is 26.3 Å². The molecule has 26 heavy (non-hydrogen) atoms. The number of esters is 1. The molecule has 0 radical (unpaired) electrons. The van der Waals surface area contributed by atoms with Crippen LogP contribution in [0.1, 0.15) is 93.4 Å². The minimum Gasteiger partial charge on any atom is -0.458 e. The Balaban J connectivity index is 0.000000167. The molecule has 1 unspecified atom stereocenters. The Morgan fingerprint density at radius 2 is 1.42 bits per heavy atom. The highest BCUT2D eigenvalue weighted by Gasteiger charge is 2.62. The van der Waals surface area contributed by atoms with Crippen LogP contribution in [0.5, 0.6) is 0 Å². The first-order chi connectivity index (χ1) is 11.8. The lowest BCUT2D eigenvalue weighted by atomic mass is 9.70. The summed E-state index contributed by atoms with van der Waals surface area (Å²) in [4.78, 5) is 11.6. The van der Waals surface area contributed by atoms with Crippen molar-refractivity contribution in [3.63, 3.8) is 0 Å². The minimum absolute atomic E-state index is 0.0884. The molecule has 4 fully saturated rings. The van der Waals surface area contributed by atoms with E-state index in [0.29, 0.717) is 27.7 Å². The van der Waals surface area contributed by atoms with Crippen LogP contribution in [0.25, 0.3) is 0 Å². The van der Waals surface area contributed by atoms with Crippen molar-refractivity contribution in [3.05, 3.63) is 12.2 Å². The lowest BCUT2D eigenvalue weighted by molar-refractivity contribution is -0.151. The monoisotopic (exact) mass is 360 g/mol. The summed E-state index contributed by atoms with van der Waals surface area (Å²) in [5, 5.41) is 0. The normalized spacial score (nSPS) is 43.7. The SMILES string of the molecule is C=C(C)C(=O)OC1C[C@H]2CC[C@@]1(C)C2(C)C.CC12CCC(CC1)C2(C)C. The number of rotatable bonds is 2. The molecule has 4 aliphatic carbocycles. The van der Waals surface area contributed by atoms with Crippen LogP contribution >= 0.6 is 0 Å². The van der Waals surface area contributed by atoms with Gasteiger partial charge < -0.3 is 4.74 Å². The maximum absolute atomic E-state index is 11.6. The van der Waals surface area contributed by atoms with Gasteiger partial charge in [0, 0.05) is 11.0 Å². The molecule has 3 atom stereocenters. The Morgan fingerprint density at radius 1 is 0.885 bits per heavy atom. The molecule has 0 aliphatic heterocycles. The first-order valence-corrected chi connectivity index (χ1v) is 10.7. The fraction of sp³-hybridized carbons (Fsp3) is 0.875. The van der Waals surface area contributed by atoms with E-state index < -0.39 is 0 Å². The maximum Gasteiger partial charge on any atom is 0.333 e. The van der Waals surface area contributed by atoms with E-state index in [4.69, 9.17) is 4.74 Å². The molecule has 4 saturated carbocycles. The van der Waals surface area contributed by atoms with Gasteiger partial charge in [-0.25, -0.2) is 4.79 Å². The number of ether oxygens (including phenoxy) is 1.